The normalized spacial score (nSPS) is 13.9. The van der Waals surface area contributed by atoms with E-state index < -0.39 is 0 Å². The number of para-hydroxylation sites is 2. The molecule has 0 fully saturated rings. The van der Waals surface area contributed by atoms with Crippen LogP contribution in [0.1, 0.15) is 33.3 Å². The van der Waals surface area contributed by atoms with Gasteiger partial charge in [0.1, 0.15) is 5.82 Å². The van der Waals surface area contributed by atoms with E-state index in [0.29, 0.717) is 31.1 Å². The first-order chi connectivity index (χ1) is 13.2. The number of fused-ring (bicyclic) bond motifs is 2. The van der Waals surface area contributed by atoms with Gasteiger partial charge in [0, 0.05) is 36.8 Å². The minimum atomic E-state index is -0.121. The van der Waals surface area contributed by atoms with Crippen molar-refractivity contribution in [3.05, 3.63) is 65.1 Å². The number of benzene rings is 1. The zero-order valence-electron chi connectivity index (χ0n) is 14.8. The molecule has 27 heavy (non-hydrogen) atoms. The van der Waals surface area contributed by atoms with Gasteiger partial charge < -0.3 is 14.0 Å². The van der Waals surface area contributed by atoms with Gasteiger partial charge in [0.25, 0.3) is 5.91 Å². The Labute approximate surface area is 154 Å². The standard InChI is InChI=1S/C19H18N6O2/c1-12-21-16-4-2-3-5-18(16)25(12)11-14-8-17(23-27-14)19(26)24-7-6-15-13(10-24)9-20-22-15/h2-5,8-9H,6-7,10-11H2,1H3,(H,20,22). The van der Waals surface area contributed by atoms with Crippen molar-refractivity contribution in [3.8, 4) is 0 Å². The first-order valence-corrected chi connectivity index (χ1v) is 8.87. The Morgan fingerprint density at radius 2 is 2.22 bits per heavy atom. The summed E-state index contributed by atoms with van der Waals surface area (Å²) in [6, 6.07) is 9.67. The number of H-pyrrole nitrogens is 1. The van der Waals surface area contributed by atoms with E-state index in [2.05, 4.69) is 24.9 Å². The molecule has 0 radical (unpaired) electrons. The second kappa shape index (κ2) is 6.08. The Morgan fingerprint density at radius 3 is 3.15 bits per heavy atom. The summed E-state index contributed by atoms with van der Waals surface area (Å²) in [7, 11) is 0. The van der Waals surface area contributed by atoms with Gasteiger partial charge in [0.05, 0.1) is 23.8 Å². The topological polar surface area (TPSA) is 92.8 Å². The van der Waals surface area contributed by atoms with Gasteiger partial charge in [0.15, 0.2) is 11.5 Å². The third-order valence-electron chi connectivity index (χ3n) is 5.03. The molecule has 1 aromatic carbocycles. The van der Waals surface area contributed by atoms with Crippen molar-refractivity contribution in [1.29, 1.82) is 0 Å². The fraction of sp³-hybridized carbons (Fsp3) is 0.263. The van der Waals surface area contributed by atoms with E-state index in [1.54, 1.807) is 17.2 Å². The quantitative estimate of drug-likeness (QED) is 0.604. The summed E-state index contributed by atoms with van der Waals surface area (Å²) in [4.78, 5) is 19.1. The van der Waals surface area contributed by atoms with Gasteiger partial charge in [-0.3, -0.25) is 9.89 Å². The van der Waals surface area contributed by atoms with Crippen molar-refractivity contribution in [2.24, 2.45) is 0 Å². The highest BCUT2D eigenvalue weighted by Gasteiger charge is 2.25. The minimum absolute atomic E-state index is 0.121. The lowest BCUT2D eigenvalue weighted by molar-refractivity contribution is 0.0723. The van der Waals surface area contributed by atoms with Gasteiger partial charge >= 0.3 is 0 Å². The van der Waals surface area contributed by atoms with Crippen LogP contribution in [0.5, 0.6) is 0 Å². The largest absolute Gasteiger partial charge is 0.359 e. The highest BCUT2D eigenvalue weighted by Crippen LogP contribution is 2.20. The second-order valence-corrected chi connectivity index (χ2v) is 6.76. The summed E-state index contributed by atoms with van der Waals surface area (Å²) in [6.45, 7) is 3.62. The van der Waals surface area contributed by atoms with E-state index in [-0.39, 0.29) is 5.91 Å². The number of aryl methyl sites for hydroxylation is 1. The Kier molecular flexibility index (Phi) is 3.56. The molecule has 1 amide bonds. The highest BCUT2D eigenvalue weighted by atomic mass is 16.5. The molecule has 0 bridgehead atoms. The van der Waals surface area contributed by atoms with E-state index in [1.165, 1.54) is 0 Å². The molecule has 1 N–H and O–H groups in total. The van der Waals surface area contributed by atoms with Crippen LogP contribution in [0, 0.1) is 6.92 Å². The molecule has 3 aromatic heterocycles. The van der Waals surface area contributed by atoms with Crippen molar-refractivity contribution >= 4 is 16.9 Å². The number of nitrogens with one attached hydrogen (secondary N) is 1. The van der Waals surface area contributed by atoms with Crippen LogP contribution in [0.25, 0.3) is 11.0 Å². The van der Waals surface area contributed by atoms with Gasteiger partial charge in [-0.2, -0.15) is 5.10 Å². The van der Waals surface area contributed by atoms with Gasteiger partial charge in [-0.1, -0.05) is 17.3 Å². The van der Waals surface area contributed by atoms with Crippen LogP contribution in [-0.2, 0) is 19.5 Å². The van der Waals surface area contributed by atoms with Crippen LogP contribution in [0.4, 0.5) is 0 Å². The van der Waals surface area contributed by atoms with Crippen molar-refractivity contribution in [2.45, 2.75) is 26.4 Å². The molecule has 136 valence electrons. The average molecular weight is 362 g/mol. The van der Waals surface area contributed by atoms with Crippen LogP contribution in [0.15, 0.2) is 41.1 Å². The third-order valence-corrected chi connectivity index (χ3v) is 5.03. The SMILES string of the molecule is Cc1nc2ccccc2n1Cc1cc(C(=O)N2CCc3[nH]ncc3C2)no1. The molecule has 5 rings (SSSR count). The number of hydrogen-bond acceptors (Lipinski definition) is 5. The predicted molar refractivity (Wildman–Crippen MR) is 97.1 cm³/mol. The van der Waals surface area contributed by atoms with Crippen LogP contribution < -0.4 is 0 Å². The van der Waals surface area contributed by atoms with E-state index in [9.17, 15) is 4.79 Å². The molecular formula is C19H18N6O2. The lowest BCUT2D eigenvalue weighted by Crippen LogP contribution is -2.35. The number of amides is 1. The van der Waals surface area contributed by atoms with E-state index in [4.69, 9.17) is 4.52 Å². The van der Waals surface area contributed by atoms with Crippen molar-refractivity contribution in [3.63, 3.8) is 0 Å². The Balaban J connectivity index is 1.37. The summed E-state index contributed by atoms with van der Waals surface area (Å²) >= 11 is 0. The first-order valence-electron chi connectivity index (χ1n) is 8.87. The number of aromatic nitrogens is 5. The molecule has 0 unspecified atom stereocenters. The summed E-state index contributed by atoms with van der Waals surface area (Å²) in [5.74, 6) is 1.40. The van der Waals surface area contributed by atoms with E-state index in [0.717, 1.165) is 34.5 Å². The van der Waals surface area contributed by atoms with Crippen LogP contribution in [0.3, 0.4) is 0 Å². The minimum Gasteiger partial charge on any atom is -0.359 e. The van der Waals surface area contributed by atoms with E-state index >= 15 is 0 Å². The molecule has 1 aliphatic rings. The Hall–Kier alpha value is -3.42. The average Bonchev–Trinajstić information content (AvgIpc) is 3.40. The number of rotatable bonds is 3. The molecule has 0 aliphatic carbocycles. The summed E-state index contributed by atoms with van der Waals surface area (Å²) < 4.78 is 7.50. The molecule has 1 aliphatic heterocycles. The number of carbonyl (C=O) groups excluding carboxylic acids is 1. The molecular weight excluding hydrogens is 344 g/mol. The number of aromatic amines is 1. The molecule has 8 nitrogen and oxygen atoms in total. The molecule has 8 heteroatoms. The second-order valence-electron chi connectivity index (χ2n) is 6.76. The van der Waals surface area contributed by atoms with Crippen molar-refractivity contribution < 1.29 is 9.32 Å². The Morgan fingerprint density at radius 1 is 1.33 bits per heavy atom. The van der Waals surface area contributed by atoms with Gasteiger partial charge in [-0.25, -0.2) is 4.98 Å². The lowest BCUT2D eigenvalue weighted by atomic mass is 10.1. The number of nitrogens with zero attached hydrogens (tertiary/aromatic N) is 5. The molecule has 0 saturated heterocycles. The smallest absolute Gasteiger partial charge is 0.276 e. The molecule has 0 atom stereocenters. The van der Waals surface area contributed by atoms with Crippen LogP contribution in [0.2, 0.25) is 0 Å². The molecule has 0 spiro atoms. The lowest BCUT2D eigenvalue weighted by Gasteiger charge is -2.25. The molecule has 4 aromatic rings. The summed E-state index contributed by atoms with van der Waals surface area (Å²) in [5.41, 5.74) is 4.46. The zero-order chi connectivity index (χ0) is 18.4. The fourth-order valence-corrected chi connectivity index (χ4v) is 3.60. The van der Waals surface area contributed by atoms with Gasteiger partial charge in [-0.05, 0) is 19.1 Å². The van der Waals surface area contributed by atoms with Gasteiger partial charge in [-0.15, -0.1) is 0 Å². The van der Waals surface area contributed by atoms with Crippen molar-refractivity contribution in [2.75, 3.05) is 6.54 Å². The Bertz CT molecular complexity index is 1140. The maximum Gasteiger partial charge on any atom is 0.276 e. The maximum absolute atomic E-state index is 12.8. The van der Waals surface area contributed by atoms with Crippen molar-refractivity contribution in [1.82, 2.24) is 29.8 Å². The van der Waals surface area contributed by atoms with Crippen LogP contribution in [-0.4, -0.2) is 42.3 Å². The molecule has 4 heterocycles. The predicted octanol–water partition coefficient (Wildman–Crippen LogP) is 2.30. The number of hydrogen-bond donors (Lipinski definition) is 1. The first kappa shape index (κ1) is 15.8. The van der Waals surface area contributed by atoms with Crippen LogP contribution >= 0.6 is 0 Å². The van der Waals surface area contributed by atoms with E-state index in [1.807, 2.05) is 31.2 Å². The third kappa shape index (κ3) is 2.69. The maximum atomic E-state index is 12.8. The highest BCUT2D eigenvalue weighted by molar-refractivity contribution is 5.92. The summed E-state index contributed by atoms with van der Waals surface area (Å²) in [5, 5.41) is 11.0. The van der Waals surface area contributed by atoms with Gasteiger partial charge in [0.2, 0.25) is 0 Å². The number of imidazole rings is 1. The number of carbonyl (C=O) groups is 1. The summed E-state index contributed by atoms with van der Waals surface area (Å²) in [6.07, 6.45) is 2.54. The zero-order valence-corrected chi connectivity index (χ0v) is 14.8. The molecule has 0 saturated carbocycles. The monoisotopic (exact) mass is 362 g/mol. The fourth-order valence-electron chi connectivity index (χ4n) is 3.60.